The van der Waals surface area contributed by atoms with Crippen molar-refractivity contribution in [2.45, 2.75) is 37.1 Å². The largest absolute Gasteiger partial charge is 0.497 e. The number of hydrogen-bond acceptors (Lipinski definition) is 5. The third-order valence-electron chi connectivity index (χ3n) is 5.89. The van der Waals surface area contributed by atoms with Gasteiger partial charge in [0.25, 0.3) is 0 Å². The van der Waals surface area contributed by atoms with Crippen LogP contribution in [0.3, 0.4) is 0 Å². The van der Waals surface area contributed by atoms with Gasteiger partial charge in [0, 0.05) is 25.2 Å². The molecular weight excluding hydrogens is 366 g/mol. The van der Waals surface area contributed by atoms with E-state index in [9.17, 15) is 4.79 Å². The summed E-state index contributed by atoms with van der Waals surface area (Å²) in [5.41, 5.74) is 8.39. The molecule has 1 amide bonds. The van der Waals surface area contributed by atoms with Gasteiger partial charge in [-0.3, -0.25) is 9.69 Å². The number of carbonyl (C=O) groups excluding carboxylic acids is 1. The lowest BCUT2D eigenvalue weighted by atomic mass is 10.0. The van der Waals surface area contributed by atoms with Crippen LogP contribution in [0.5, 0.6) is 5.75 Å². The topological polar surface area (TPSA) is 76.8 Å². The molecule has 0 unspecified atom stereocenters. The van der Waals surface area contributed by atoms with Crippen molar-refractivity contribution in [1.29, 1.82) is 0 Å². The van der Waals surface area contributed by atoms with Crippen LogP contribution in [0.25, 0.3) is 0 Å². The molecule has 29 heavy (non-hydrogen) atoms. The molecule has 2 aromatic carbocycles. The van der Waals surface area contributed by atoms with Gasteiger partial charge in [-0.2, -0.15) is 0 Å². The van der Waals surface area contributed by atoms with E-state index in [1.165, 1.54) is 5.56 Å². The summed E-state index contributed by atoms with van der Waals surface area (Å²) in [6, 6.07) is 17.9. The second kappa shape index (κ2) is 8.95. The summed E-state index contributed by atoms with van der Waals surface area (Å²) in [7, 11) is 1.64. The Bertz CT molecular complexity index is 812. The van der Waals surface area contributed by atoms with Crippen LogP contribution in [0.4, 0.5) is 0 Å². The van der Waals surface area contributed by atoms with Gasteiger partial charge in [-0.05, 0) is 36.1 Å². The van der Waals surface area contributed by atoms with Crippen molar-refractivity contribution < 1.29 is 14.3 Å². The van der Waals surface area contributed by atoms with E-state index in [1.807, 2.05) is 42.5 Å². The number of nitrogens with zero attached hydrogens (tertiary/aromatic N) is 1. The third kappa shape index (κ3) is 4.78. The van der Waals surface area contributed by atoms with Crippen molar-refractivity contribution >= 4 is 5.91 Å². The first kappa shape index (κ1) is 19.9. The number of carbonyl (C=O) groups is 1. The number of benzene rings is 2. The maximum Gasteiger partial charge on any atom is 0.237 e. The molecule has 154 valence electrons. The number of amides is 1. The van der Waals surface area contributed by atoms with E-state index in [0.717, 1.165) is 30.8 Å². The molecule has 0 bridgehead atoms. The summed E-state index contributed by atoms with van der Waals surface area (Å²) in [4.78, 5) is 15.0. The zero-order chi connectivity index (χ0) is 20.2. The van der Waals surface area contributed by atoms with Crippen molar-refractivity contribution in [3.05, 3.63) is 65.7 Å². The number of rotatable bonds is 6. The molecule has 6 nitrogen and oxygen atoms in total. The average molecular weight is 396 g/mol. The molecule has 4 atom stereocenters. The molecule has 2 fully saturated rings. The first-order valence-electron chi connectivity index (χ1n) is 10.2. The zero-order valence-corrected chi connectivity index (χ0v) is 16.8. The molecular formula is C23H29N3O3. The molecule has 2 aromatic rings. The van der Waals surface area contributed by atoms with Gasteiger partial charge in [0.15, 0.2) is 0 Å². The highest BCUT2D eigenvalue weighted by atomic mass is 16.5. The van der Waals surface area contributed by atoms with Gasteiger partial charge < -0.3 is 20.5 Å². The fourth-order valence-electron chi connectivity index (χ4n) is 4.26. The summed E-state index contributed by atoms with van der Waals surface area (Å²) in [5.74, 6) is 0.705. The maximum absolute atomic E-state index is 12.6. The Hall–Kier alpha value is -2.41. The fourth-order valence-corrected chi connectivity index (χ4v) is 4.26. The van der Waals surface area contributed by atoms with Crippen LogP contribution < -0.4 is 15.8 Å². The molecule has 0 spiro atoms. The second-order valence-electron chi connectivity index (χ2n) is 7.94. The summed E-state index contributed by atoms with van der Waals surface area (Å²) < 4.78 is 11.3. The molecule has 0 radical (unpaired) electrons. The van der Waals surface area contributed by atoms with Gasteiger partial charge in [0.2, 0.25) is 5.91 Å². The number of methoxy groups -OCH3 is 1. The lowest BCUT2D eigenvalue weighted by Crippen LogP contribution is -2.47. The van der Waals surface area contributed by atoms with E-state index in [1.54, 1.807) is 7.11 Å². The van der Waals surface area contributed by atoms with E-state index in [0.29, 0.717) is 19.1 Å². The van der Waals surface area contributed by atoms with Crippen LogP contribution >= 0.6 is 0 Å². The normalized spacial score (nSPS) is 25.2. The Kier molecular flexibility index (Phi) is 6.13. The molecule has 2 aliphatic rings. The second-order valence-corrected chi connectivity index (χ2v) is 7.94. The fraction of sp³-hybridized carbons (Fsp3) is 0.435. The Balaban J connectivity index is 1.28. The number of nitrogens with two attached hydrogens (primary N) is 1. The molecule has 2 aliphatic heterocycles. The monoisotopic (exact) mass is 395 g/mol. The Labute approximate surface area is 172 Å². The molecule has 2 heterocycles. The minimum atomic E-state index is -0.561. The number of nitrogens with one attached hydrogen (secondary N) is 1. The quantitative estimate of drug-likeness (QED) is 0.781. The first-order valence-corrected chi connectivity index (χ1v) is 10.2. The van der Waals surface area contributed by atoms with Gasteiger partial charge in [-0.15, -0.1) is 0 Å². The summed E-state index contributed by atoms with van der Waals surface area (Å²) in [6.45, 7) is 2.40. The zero-order valence-electron chi connectivity index (χ0n) is 16.8. The molecule has 3 N–H and O–H groups in total. The van der Waals surface area contributed by atoms with Gasteiger partial charge in [-0.25, -0.2) is 0 Å². The number of fused-ring (bicyclic) bond motifs is 1. The van der Waals surface area contributed by atoms with Crippen LogP contribution in [0.1, 0.15) is 23.7 Å². The highest BCUT2D eigenvalue weighted by Gasteiger charge is 2.38. The minimum absolute atomic E-state index is 0.0915. The molecule has 4 rings (SSSR count). The summed E-state index contributed by atoms with van der Waals surface area (Å²) in [6.07, 6.45) is 1.51. The summed E-state index contributed by atoms with van der Waals surface area (Å²) in [5, 5.41) is 3.15. The van der Waals surface area contributed by atoms with Crippen LogP contribution in [0.15, 0.2) is 54.6 Å². The standard InChI is InChI=1S/C23H29N3O3/c1-28-20-9-7-16(8-10-20)11-21(24)23(27)25-18-12-19-15-29-22(14-26(19)13-18)17-5-3-2-4-6-17/h2-10,18-19,21-22H,11-15,24H2,1H3,(H,25,27)/t18-,19-,21-,22+/m0/s1. The minimum Gasteiger partial charge on any atom is -0.497 e. The van der Waals surface area contributed by atoms with E-state index in [4.69, 9.17) is 15.2 Å². The highest BCUT2D eigenvalue weighted by Crippen LogP contribution is 2.30. The van der Waals surface area contributed by atoms with Crippen LogP contribution in [0, 0.1) is 0 Å². The number of ether oxygens (including phenoxy) is 2. The maximum atomic E-state index is 12.6. The van der Waals surface area contributed by atoms with Gasteiger partial charge in [-0.1, -0.05) is 42.5 Å². The van der Waals surface area contributed by atoms with Gasteiger partial charge >= 0.3 is 0 Å². The number of morpholine rings is 1. The Morgan fingerprint density at radius 1 is 1.21 bits per heavy atom. The van der Waals surface area contributed by atoms with Crippen molar-refractivity contribution in [2.75, 3.05) is 26.8 Å². The Morgan fingerprint density at radius 2 is 1.97 bits per heavy atom. The summed E-state index contributed by atoms with van der Waals surface area (Å²) >= 11 is 0. The van der Waals surface area contributed by atoms with Crippen molar-refractivity contribution in [1.82, 2.24) is 10.2 Å². The number of hydrogen-bond donors (Lipinski definition) is 2. The van der Waals surface area contributed by atoms with E-state index in [-0.39, 0.29) is 18.1 Å². The lowest BCUT2D eigenvalue weighted by molar-refractivity contribution is -0.123. The van der Waals surface area contributed by atoms with E-state index in [2.05, 4.69) is 22.3 Å². The van der Waals surface area contributed by atoms with E-state index >= 15 is 0 Å². The molecule has 0 aromatic heterocycles. The predicted molar refractivity (Wildman–Crippen MR) is 112 cm³/mol. The Morgan fingerprint density at radius 3 is 2.69 bits per heavy atom. The lowest BCUT2D eigenvalue weighted by Gasteiger charge is -2.35. The van der Waals surface area contributed by atoms with Crippen LogP contribution in [-0.4, -0.2) is 55.7 Å². The SMILES string of the molecule is COc1ccc(C[C@H](N)C(=O)N[C@H]2C[C@H]3CO[C@@H](c4ccccc4)CN3C2)cc1. The molecule has 6 heteroatoms. The van der Waals surface area contributed by atoms with E-state index < -0.39 is 6.04 Å². The molecule has 2 saturated heterocycles. The molecule has 0 aliphatic carbocycles. The van der Waals surface area contributed by atoms with Gasteiger partial charge in [0.05, 0.1) is 25.9 Å². The molecule has 0 saturated carbocycles. The van der Waals surface area contributed by atoms with Gasteiger partial charge in [0.1, 0.15) is 5.75 Å². The van der Waals surface area contributed by atoms with Crippen LogP contribution in [-0.2, 0) is 16.0 Å². The van der Waals surface area contributed by atoms with Crippen molar-refractivity contribution in [3.8, 4) is 5.75 Å². The smallest absolute Gasteiger partial charge is 0.237 e. The average Bonchev–Trinajstić information content (AvgIpc) is 3.16. The first-order chi connectivity index (χ1) is 14.1. The third-order valence-corrected chi connectivity index (χ3v) is 5.89. The highest BCUT2D eigenvalue weighted by molar-refractivity contribution is 5.82. The van der Waals surface area contributed by atoms with Crippen molar-refractivity contribution in [3.63, 3.8) is 0 Å². The van der Waals surface area contributed by atoms with Crippen molar-refractivity contribution in [2.24, 2.45) is 5.73 Å². The van der Waals surface area contributed by atoms with Crippen LogP contribution in [0.2, 0.25) is 0 Å². The predicted octanol–water partition coefficient (Wildman–Crippen LogP) is 1.90.